The van der Waals surface area contributed by atoms with Gasteiger partial charge in [0.25, 0.3) is 0 Å². The predicted molar refractivity (Wildman–Crippen MR) is 140 cm³/mol. The number of thiophene rings is 1. The van der Waals surface area contributed by atoms with Crippen LogP contribution in [0, 0.1) is 11.8 Å². The molecule has 1 amide bonds. The number of carbonyl (C=O) groups is 2. The molecular weight excluding hydrogens is 462 g/mol. The molecule has 194 valence electrons. The van der Waals surface area contributed by atoms with E-state index >= 15 is 0 Å². The number of carboxylic acid groups (broad SMARTS) is 1. The molecule has 0 aliphatic heterocycles. The third-order valence-electron chi connectivity index (χ3n) is 7.98. The third-order valence-corrected chi connectivity index (χ3v) is 9.16. The Labute approximate surface area is 213 Å². The molecule has 0 saturated heterocycles. The second-order valence-electron chi connectivity index (χ2n) is 10.5. The van der Waals surface area contributed by atoms with Crippen LogP contribution in [-0.4, -0.2) is 42.5 Å². The first-order valence-corrected chi connectivity index (χ1v) is 14.4. The number of carboxylic acids is 1. The molecule has 3 aliphatic rings. The molecule has 4 rings (SSSR count). The van der Waals surface area contributed by atoms with Crippen LogP contribution in [0.5, 0.6) is 0 Å². The quantitative estimate of drug-likeness (QED) is 0.293. The molecular formula is C28H41NO5S. The molecule has 1 N–H and O–H groups in total. The molecule has 0 aromatic carbocycles. The summed E-state index contributed by atoms with van der Waals surface area (Å²) in [5, 5.41) is 10.1. The minimum atomic E-state index is -0.934. The molecule has 3 aliphatic carbocycles. The fraction of sp³-hybridized carbons (Fsp3) is 0.714. The molecule has 7 heteroatoms. The van der Waals surface area contributed by atoms with E-state index in [4.69, 9.17) is 9.47 Å². The van der Waals surface area contributed by atoms with Crippen molar-refractivity contribution in [2.75, 3.05) is 18.3 Å². The normalized spacial score (nSPS) is 27.3. The van der Waals surface area contributed by atoms with E-state index in [0.717, 1.165) is 75.5 Å². The number of aromatic carboxylic acids is 1. The molecule has 0 unspecified atom stereocenters. The first-order chi connectivity index (χ1) is 17.0. The maximum atomic E-state index is 14.0. The monoisotopic (exact) mass is 503 g/mol. The number of anilines is 1. The molecule has 2 fully saturated rings. The lowest BCUT2D eigenvalue weighted by Gasteiger charge is -2.39. The molecule has 1 aromatic rings. The van der Waals surface area contributed by atoms with Crippen LogP contribution in [0.2, 0.25) is 0 Å². The van der Waals surface area contributed by atoms with Crippen LogP contribution < -0.4 is 4.90 Å². The molecule has 1 aromatic heterocycles. The van der Waals surface area contributed by atoms with Crippen LogP contribution in [0.15, 0.2) is 12.1 Å². The highest BCUT2D eigenvalue weighted by molar-refractivity contribution is 7.15. The first kappa shape index (κ1) is 26.4. The van der Waals surface area contributed by atoms with E-state index in [2.05, 4.69) is 13.0 Å². The van der Waals surface area contributed by atoms with E-state index in [-0.39, 0.29) is 24.0 Å². The molecule has 0 atom stereocenters. The summed E-state index contributed by atoms with van der Waals surface area (Å²) in [7, 11) is 0. The van der Waals surface area contributed by atoms with Crippen molar-refractivity contribution in [2.24, 2.45) is 11.8 Å². The van der Waals surface area contributed by atoms with Crippen molar-refractivity contribution in [3.63, 3.8) is 0 Å². The molecule has 1 heterocycles. The van der Waals surface area contributed by atoms with Gasteiger partial charge in [-0.1, -0.05) is 13.0 Å². The maximum Gasteiger partial charge on any atom is 0.348 e. The van der Waals surface area contributed by atoms with Gasteiger partial charge in [0.05, 0.1) is 11.8 Å². The summed E-state index contributed by atoms with van der Waals surface area (Å²) in [6, 6.07) is 2.02. The Balaban J connectivity index is 1.60. The number of rotatable bonds is 9. The van der Waals surface area contributed by atoms with Gasteiger partial charge in [-0.25, -0.2) is 4.79 Å². The Morgan fingerprint density at radius 1 is 1.09 bits per heavy atom. The topological polar surface area (TPSA) is 76.1 Å². The van der Waals surface area contributed by atoms with Crippen LogP contribution in [0.3, 0.4) is 0 Å². The second-order valence-corrected chi connectivity index (χ2v) is 11.5. The molecule has 0 spiro atoms. The zero-order valence-corrected chi connectivity index (χ0v) is 22.1. The highest BCUT2D eigenvalue weighted by atomic mass is 32.1. The Kier molecular flexibility index (Phi) is 9.42. The maximum absolute atomic E-state index is 14.0. The summed E-state index contributed by atoms with van der Waals surface area (Å²) in [6.45, 7) is 5.15. The number of amides is 1. The highest BCUT2D eigenvalue weighted by Crippen LogP contribution is 2.42. The number of nitrogens with zero attached hydrogens (tertiary/aromatic N) is 1. The predicted octanol–water partition coefficient (Wildman–Crippen LogP) is 6.88. The van der Waals surface area contributed by atoms with Crippen LogP contribution in [0.4, 0.5) is 5.69 Å². The Bertz CT molecular complexity index is 893. The molecule has 6 nitrogen and oxygen atoms in total. The van der Waals surface area contributed by atoms with E-state index in [0.29, 0.717) is 29.9 Å². The third kappa shape index (κ3) is 6.55. The first-order valence-electron chi connectivity index (χ1n) is 13.6. The van der Waals surface area contributed by atoms with Crippen LogP contribution in [-0.2, 0) is 14.3 Å². The minimum absolute atomic E-state index is 0.00896. The number of ether oxygens (including phenoxy) is 2. The van der Waals surface area contributed by atoms with Crippen molar-refractivity contribution in [1.82, 2.24) is 0 Å². The smallest absolute Gasteiger partial charge is 0.348 e. The van der Waals surface area contributed by atoms with E-state index in [1.165, 1.54) is 23.3 Å². The Morgan fingerprint density at radius 2 is 1.83 bits per heavy atom. The average molecular weight is 504 g/mol. The van der Waals surface area contributed by atoms with Crippen molar-refractivity contribution in [1.29, 1.82) is 0 Å². The minimum Gasteiger partial charge on any atom is -0.477 e. The molecule has 0 bridgehead atoms. The lowest BCUT2D eigenvalue weighted by molar-refractivity contribution is -0.125. The van der Waals surface area contributed by atoms with E-state index < -0.39 is 5.97 Å². The van der Waals surface area contributed by atoms with Gasteiger partial charge in [0, 0.05) is 23.4 Å². The van der Waals surface area contributed by atoms with Crippen molar-refractivity contribution in [3.05, 3.63) is 21.9 Å². The summed E-state index contributed by atoms with van der Waals surface area (Å²) in [5.41, 5.74) is 1.85. The van der Waals surface area contributed by atoms with Crippen molar-refractivity contribution in [3.8, 4) is 0 Å². The van der Waals surface area contributed by atoms with Gasteiger partial charge in [0.2, 0.25) is 5.91 Å². The Morgan fingerprint density at radius 3 is 2.46 bits per heavy atom. The van der Waals surface area contributed by atoms with E-state index in [1.54, 1.807) is 0 Å². The van der Waals surface area contributed by atoms with Crippen LogP contribution >= 0.6 is 11.3 Å². The molecule has 35 heavy (non-hydrogen) atoms. The average Bonchev–Trinajstić information content (AvgIpc) is 3.32. The van der Waals surface area contributed by atoms with Gasteiger partial charge in [0.15, 0.2) is 0 Å². The van der Waals surface area contributed by atoms with Gasteiger partial charge >= 0.3 is 5.97 Å². The van der Waals surface area contributed by atoms with Gasteiger partial charge < -0.3 is 19.5 Å². The standard InChI is InChI=1S/C28H41NO5S/c1-3-33-18-34-23-15-13-22(14-16-23)29(27(30)21-11-9-19(2)10-12-21)24-17-25(35-26(24)28(31)32)20-7-5-4-6-8-20/h7,17,19,21-23H,3-6,8-16,18H2,1-2H3,(H,31,32). The zero-order chi connectivity index (χ0) is 24.8. The van der Waals surface area contributed by atoms with E-state index in [1.807, 2.05) is 17.9 Å². The van der Waals surface area contributed by atoms with Gasteiger partial charge in [-0.15, -0.1) is 11.3 Å². The highest BCUT2D eigenvalue weighted by Gasteiger charge is 2.37. The van der Waals surface area contributed by atoms with Crippen molar-refractivity contribution < 1.29 is 24.2 Å². The van der Waals surface area contributed by atoms with Gasteiger partial charge in [-0.05, 0) is 102 Å². The van der Waals surface area contributed by atoms with Gasteiger partial charge in [-0.3, -0.25) is 4.79 Å². The summed E-state index contributed by atoms with van der Waals surface area (Å²) in [5.74, 6) is -0.167. The fourth-order valence-electron chi connectivity index (χ4n) is 5.83. The number of hydrogen-bond acceptors (Lipinski definition) is 5. The fourth-order valence-corrected chi connectivity index (χ4v) is 6.89. The number of carbonyl (C=O) groups excluding carboxylic acids is 1. The zero-order valence-electron chi connectivity index (χ0n) is 21.3. The van der Waals surface area contributed by atoms with Crippen LogP contribution in [0.25, 0.3) is 5.57 Å². The van der Waals surface area contributed by atoms with Gasteiger partial charge in [0.1, 0.15) is 11.7 Å². The lowest BCUT2D eigenvalue weighted by Crippen LogP contribution is -2.47. The van der Waals surface area contributed by atoms with Crippen LogP contribution in [0.1, 0.15) is 105 Å². The van der Waals surface area contributed by atoms with Gasteiger partial charge in [-0.2, -0.15) is 0 Å². The summed E-state index contributed by atoms with van der Waals surface area (Å²) in [4.78, 5) is 29.6. The summed E-state index contributed by atoms with van der Waals surface area (Å²) >= 11 is 1.34. The molecule has 2 saturated carbocycles. The van der Waals surface area contributed by atoms with Crippen molar-refractivity contribution >= 4 is 34.5 Å². The number of hydrogen-bond donors (Lipinski definition) is 1. The van der Waals surface area contributed by atoms with Crippen molar-refractivity contribution in [2.45, 2.75) is 103 Å². The second kappa shape index (κ2) is 12.5. The summed E-state index contributed by atoms with van der Waals surface area (Å²) < 4.78 is 11.2. The largest absolute Gasteiger partial charge is 0.477 e. The SMILES string of the molecule is CCOCOC1CCC(N(C(=O)C2CCC(C)CC2)c2cc(C3=CCCCC3)sc2C(=O)O)CC1. The lowest BCUT2D eigenvalue weighted by atomic mass is 9.81. The Hall–Kier alpha value is -1.70. The molecule has 0 radical (unpaired) electrons. The number of allylic oxidation sites excluding steroid dienone is 2. The van der Waals surface area contributed by atoms with E-state index in [9.17, 15) is 14.7 Å². The summed E-state index contributed by atoms with van der Waals surface area (Å²) in [6.07, 6.45) is 14.0.